The zero-order chi connectivity index (χ0) is 16.0. The number of ether oxygens (including phenoxy) is 1. The first kappa shape index (κ1) is 17.5. The van der Waals surface area contributed by atoms with Gasteiger partial charge in [-0.15, -0.1) is 0 Å². The van der Waals surface area contributed by atoms with E-state index in [4.69, 9.17) is 4.74 Å². The van der Waals surface area contributed by atoms with Crippen molar-refractivity contribution in [3.8, 4) is 5.75 Å². The minimum atomic E-state index is -3.42. The van der Waals surface area contributed by atoms with Crippen LogP contribution in [-0.2, 0) is 14.8 Å². The van der Waals surface area contributed by atoms with E-state index >= 15 is 0 Å². The Balaban J connectivity index is 2.79. The lowest BCUT2D eigenvalue weighted by molar-refractivity contribution is -0.116. The molecule has 0 aliphatic heterocycles. The molecule has 0 aliphatic carbocycles. The van der Waals surface area contributed by atoms with Gasteiger partial charge in [0.05, 0.1) is 25.6 Å². The molecule has 1 aromatic carbocycles. The van der Waals surface area contributed by atoms with Gasteiger partial charge >= 0.3 is 0 Å². The number of amides is 1. The largest absolute Gasteiger partial charge is 0.495 e. The lowest BCUT2D eigenvalue weighted by Crippen LogP contribution is -2.39. The van der Waals surface area contributed by atoms with Crippen molar-refractivity contribution in [2.45, 2.75) is 13.8 Å². The van der Waals surface area contributed by atoms with Crippen LogP contribution in [0.3, 0.4) is 0 Å². The third-order valence-corrected chi connectivity index (χ3v) is 3.96. The maximum atomic E-state index is 12.0. The Kier molecular flexibility index (Phi) is 6.17. The molecule has 0 heterocycles. The molecule has 1 N–H and O–H groups in total. The number of nitrogens with one attached hydrogen (secondary N) is 1. The van der Waals surface area contributed by atoms with Crippen molar-refractivity contribution in [3.63, 3.8) is 0 Å². The summed E-state index contributed by atoms with van der Waals surface area (Å²) in [6, 6.07) is 6.97. The second-order valence-electron chi connectivity index (χ2n) is 5.20. The predicted molar refractivity (Wildman–Crippen MR) is 82.9 cm³/mol. The molecular weight excluding hydrogens is 292 g/mol. The van der Waals surface area contributed by atoms with Crippen LogP contribution in [0.25, 0.3) is 0 Å². The minimum absolute atomic E-state index is 0.138. The second-order valence-corrected chi connectivity index (χ2v) is 7.18. The Labute approximate surface area is 126 Å². The summed E-state index contributed by atoms with van der Waals surface area (Å²) in [4.78, 5) is 12.0. The lowest BCUT2D eigenvalue weighted by Gasteiger charge is -2.21. The lowest BCUT2D eigenvalue weighted by atomic mass is 10.2. The van der Waals surface area contributed by atoms with Crippen molar-refractivity contribution in [1.82, 2.24) is 4.31 Å². The number of carbonyl (C=O) groups excluding carboxylic acids is 1. The molecule has 0 radical (unpaired) electrons. The molecule has 0 spiro atoms. The number of para-hydroxylation sites is 2. The summed E-state index contributed by atoms with van der Waals surface area (Å²) in [6.07, 6.45) is 1.10. The monoisotopic (exact) mass is 314 g/mol. The van der Waals surface area contributed by atoms with E-state index in [2.05, 4.69) is 5.32 Å². The molecule has 0 aromatic heterocycles. The fraction of sp³-hybridized carbons (Fsp3) is 0.500. The Morgan fingerprint density at radius 2 is 1.95 bits per heavy atom. The van der Waals surface area contributed by atoms with Gasteiger partial charge in [0.25, 0.3) is 0 Å². The first-order valence-corrected chi connectivity index (χ1v) is 8.47. The van der Waals surface area contributed by atoms with Crippen LogP contribution in [-0.4, -0.2) is 45.1 Å². The molecule has 0 unspecified atom stereocenters. The molecule has 0 atom stereocenters. The zero-order valence-electron chi connectivity index (χ0n) is 12.8. The third kappa shape index (κ3) is 5.73. The van der Waals surface area contributed by atoms with Gasteiger partial charge in [-0.2, -0.15) is 4.31 Å². The molecule has 6 nitrogen and oxygen atoms in total. The van der Waals surface area contributed by atoms with Gasteiger partial charge in [-0.3, -0.25) is 4.79 Å². The molecule has 0 saturated heterocycles. The average molecular weight is 314 g/mol. The van der Waals surface area contributed by atoms with Crippen LogP contribution in [0.1, 0.15) is 13.8 Å². The van der Waals surface area contributed by atoms with Crippen LogP contribution < -0.4 is 10.1 Å². The molecule has 7 heteroatoms. The van der Waals surface area contributed by atoms with Crippen LogP contribution in [0.4, 0.5) is 5.69 Å². The summed E-state index contributed by atoms with van der Waals surface area (Å²) >= 11 is 0. The van der Waals surface area contributed by atoms with E-state index in [1.165, 1.54) is 11.4 Å². The van der Waals surface area contributed by atoms with E-state index in [-0.39, 0.29) is 12.5 Å². The Bertz CT molecular complexity index is 584. The molecule has 118 valence electrons. The zero-order valence-corrected chi connectivity index (χ0v) is 13.6. The van der Waals surface area contributed by atoms with Gasteiger partial charge in [-0.25, -0.2) is 8.42 Å². The summed E-state index contributed by atoms with van der Waals surface area (Å²) in [7, 11) is -1.92. The number of carbonyl (C=O) groups is 1. The highest BCUT2D eigenvalue weighted by atomic mass is 32.2. The molecule has 0 aliphatic rings. The average Bonchev–Trinajstić information content (AvgIpc) is 2.37. The molecule has 0 fully saturated rings. The summed E-state index contributed by atoms with van der Waals surface area (Å²) in [5.41, 5.74) is 0.517. The molecule has 1 aromatic rings. The van der Waals surface area contributed by atoms with Gasteiger partial charge in [0, 0.05) is 6.54 Å². The van der Waals surface area contributed by atoms with Crippen molar-refractivity contribution in [2.24, 2.45) is 5.92 Å². The number of hydrogen-bond acceptors (Lipinski definition) is 4. The highest BCUT2D eigenvalue weighted by Gasteiger charge is 2.21. The van der Waals surface area contributed by atoms with E-state index in [1.54, 1.807) is 24.3 Å². The molecule has 0 bridgehead atoms. The van der Waals surface area contributed by atoms with E-state index in [0.29, 0.717) is 18.0 Å². The number of nitrogens with zero attached hydrogens (tertiary/aromatic N) is 1. The number of anilines is 1. The number of hydrogen-bond donors (Lipinski definition) is 1. The van der Waals surface area contributed by atoms with Gasteiger partial charge < -0.3 is 10.1 Å². The second kappa shape index (κ2) is 7.42. The summed E-state index contributed by atoms with van der Waals surface area (Å²) in [5.74, 6) is 0.268. The predicted octanol–water partition coefficient (Wildman–Crippen LogP) is 1.55. The van der Waals surface area contributed by atoms with Crippen molar-refractivity contribution in [1.29, 1.82) is 0 Å². The van der Waals surface area contributed by atoms with Crippen LogP contribution >= 0.6 is 0 Å². The van der Waals surface area contributed by atoms with E-state index in [1.807, 2.05) is 13.8 Å². The van der Waals surface area contributed by atoms with Crippen molar-refractivity contribution in [3.05, 3.63) is 24.3 Å². The van der Waals surface area contributed by atoms with Crippen molar-refractivity contribution < 1.29 is 17.9 Å². The van der Waals surface area contributed by atoms with Crippen LogP contribution in [0.2, 0.25) is 0 Å². The van der Waals surface area contributed by atoms with E-state index in [0.717, 1.165) is 6.26 Å². The Hall–Kier alpha value is -1.60. The molecule has 21 heavy (non-hydrogen) atoms. The normalized spacial score (nSPS) is 11.7. The molecule has 0 saturated carbocycles. The van der Waals surface area contributed by atoms with Crippen LogP contribution in [0.5, 0.6) is 5.75 Å². The maximum Gasteiger partial charge on any atom is 0.239 e. The van der Waals surface area contributed by atoms with Gasteiger partial charge in [0.1, 0.15) is 5.75 Å². The smallest absolute Gasteiger partial charge is 0.239 e. The summed E-state index contributed by atoms with van der Waals surface area (Å²) in [6.45, 7) is 3.89. The van der Waals surface area contributed by atoms with Gasteiger partial charge in [0.15, 0.2) is 0 Å². The quantitative estimate of drug-likeness (QED) is 0.828. The third-order valence-electron chi connectivity index (χ3n) is 2.74. The van der Waals surface area contributed by atoms with Crippen molar-refractivity contribution >= 4 is 21.6 Å². The number of sulfonamides is 1. The summed E-state index contributed by atoms with van der Waals surface area (Å²) < 4.78 is 29.7. The first-order valence-electron chi connectivity index (χ1n) is 6.62. The molecular formula is C14H22N2O4S. The van der Waals surface area contributed by atoms with Crippen LogP contribution in [0.15, 0.2) is 24.3 Å². The summed E-state index contributed by atoms with van der Waals surface area (Å²) in [5, 5.41) is 2.67. The maximum absolute atomic E-state index is 12.0. The molecule has 1 amide bonds. The van der Waals surface area contributed by atoms with Gasteiger partial charge in [-0.1, -0.05) is 26.0 Å². The van der Waals surface area contributed by atoms with Crippen molar-refractivity contribution in [2.75, 3.05) is 31.8 Å². The fourth-order valence-electron chi connectivity index (χ4n) is 1.82. The molecule has 1 rings (SSSR count). The Morgan fingerprint density at radius 3 is 2.48 bits per heavy atom. The number of methoxy groups -OCH3 is 1. The Morgan fingerprint density at radius 1 is 1.33 bits per heavy atom. The number of benzene rings is 1. The minimum Gasteiger partial charge on any atom is -0.495 e. The first-order chi connectivity index (χ1) is 9.74. The van der Waals surface area contributed by atoms with Gasteiger partial charge in [0.2, 0.25) is 15.9 Å². The van der Waals surface area contributed by atoms with Gasteiger partial charge in [-0.05, 0) is 18.1 Å². The highest BCUT2D eigenvalue weighted by Crippen LogP contribution is 2.22. The van der Waals surface area contributed by atoms with E-state index in [9.17, 15) is 13.2 Å². The highest BCUT2D eigenvalue weighted by molar-refractivity contribution is 7.88. The van der Waals surface area contributed by atoms with Crippen LogP contribution in [0, 0.1) is 5.92 Å². The van der Waals surface area contributed by atoms with E-state index < -0.39 is 15.9 Å². The fourth-order valence-corrected chi connectivity index (χ4v) is 2.74. The topological polar surface area (TPSA) is 75.7 Å². The standard InChI is InChI=1S/C14H22N2O4S/c1-11(2)9-16(21(4,18)19)10-14(17)15-12-7-5-6-8-13(12)20-3/h5-8,11H,9-10H2,1-4H3,(H,15,17). The number of rotatable bonds is 7. The SMILES string of the molecule is COc1ccccc1NC(=O)CN(CC(C)C)S(C)(=O)=O.